The van der Waals surface area contributed by atoms with Gasteiger partial charge in [-0.05, 0) is 70.8 Å². The molecule has 12 rings (SSSR count). The Hall–Kier alpha value is -7.35. The molecule has 3 aromatic heterocycles. The zero-order chi connectivity index (χ0) is 40.4. The number of benzene rings is 8. The number of hydrogen-bond donors (Lipinski definition) is 0. The van der Waals surface area contributed by atoms with E-state index in [1.165, 1.54) is 45.6 Å². The van der Waals surface area contributed by atoms with Crippen molar-refractivity contribution in [2.45, 2.75) is 0 Å². The van der Waals surface area contributed by atoms with E-state index >= 15 is 0 Å². The Morgan fingerprint density at radius 1 is 0.443 bits per heavy atom. The van der Waals surface area contributed by atoms with Gasteiger partial charge in [0.25, 0.3) is 0 Å². The molecule has 0 saturated carbocycles. The molecular formula is C56H36IN3O. The quantitative estimate of drug-likeness (QED) is 0.156. The van der Waals surface area contributed by atoms with Crippen molar-refractivity contribution in [2.24, 2.45) is 0 Å². The van der Waals surface area contributed by atoms with Crippen LogP contribution in [0.15, 0.2) is 211 Å². The fourth-order valence-corrected chi connectivity index (χ4v) is 13.3. The van der Waals surface area contributed by atoms with E-state index in [4.69, 9.17) is 18.9 Å². The fraction of sp³-hybridized carbons (Fsp3) is 0. The second-order valence-electron chi connectivity index (χ2n) is 15.4. The summed E-state index contributed by atoms with van der Waals surface area (Å²) in [6, 6.07) is 73.1. The van der Waals surface area contributed by atoms with Crippen molar-refractivity contribution in [2.75, 3.05) is 0 Å². The molecule has 0 aliphatic carbocycles. The van der Waals surface area contributed by atoms with Gasteiger partial charge in [0, 0.05) is 47.7 Å². The van der Waals surface area contributed by atoms with Crippen molar-refractivity contribution in [1.29, 1.82) is 0 Å². The zero-order valence-electron chi connectivity index (χ0n) is 33.0. The molecule has 0 radical (unpaired) electrons. The maximum atomic E-state index is 6.68. The van der Waals surface area contributed by atoms with Crippen LogP contribution in [0.25, 0.3) is 94.6 Å². The van der Waals surface area contributed by atoms with Gasteiger partial charge in [-0.15, -0.1) is 18.9 Å². The number of fused-ring (bicyclic) bond motifs is 8. The van der Waals surface area contributed by atoms with E-state index in [0.717, 1.165) is 61.6 Å². The molecule has 0 N–H and O–H groups in total. The second kappa shape index (κ2) is 14.4. The molecule has 11 aromatic rings. The number of halogens is 1. The van der Waals surface area contributed by atoms with E-state index in [-0.39, 0.29) is 0 Å². The van der Waals surface area contributed by atoms with Crippen LogP contribution < -0.4 is 0 Å². The molecule has 0 spiro atoms. The van der Waals surface area contributed by atoms with Crippen molar-refractivity contribution in [3.05, 3.63) is 221 Å². The lowest BCUT2D eigenvalue weighted by Crippen LogP contribution is -2.06. The number of rotatable bonds is 6. The summed E-state index contributed by atoms with van der Waals surface area (Å²) >= 11 is -2.06. The van der Waals surface area contributed by atoms with E-state index in [9.17, 15) is 0 Å². The highest BCUT2D eigenvalue weighted by Gasteiger charge is 2.28. The van der Waals surface area contributed by atoms with Crippen LogP contribution in [0.2, 0.25) is 0 Å². The van der Waals surface area contributed by atoms with Gasteiger partial charge in [-0.1, -0.05) is 162 Å². The van der Waals surface area contributed by atoms with E-state index < -0.39 is 18.9 Å². The third kappa shape index (κ3) is 5.95. The first kappa shape index (κ1) is 35.6. The third-order valence-electron chi connectivity index (χ3n) is 11.8. The number of aromatic nitrogens is 3. The topological polar surface area (TPSA) is 43.9 Å². The van der Waals surface area contributed by atoms with Crippen LogP contribution in [-0.4, -0.2) is 22.6 Å². The summed E-state index contributed by atoms with van der Waals surface area (Å²) in [5.74, 6) is 1.67. The first-order valence-electron chi connectivity index (χ1n) is 20.4. The lowest BCUT2D eigenvalue weighted by molar-refractivity contribution is 0.608. The molecule has 61 heavy (non-hydrogen) atoms. The molecule has 1 aliphatic heterocycles. The molecule has 4 heterocycles. The third-order valence-corrected chi connectivity index (χ3v) is 16.6. The predicted octanol–water partition coefficient (Wildman–Crippen LogP) is 14.3. The average molecular weight is 894 g/mol. The first-order valence-corrected chi connectivity index (χ1v) is 24.1. The molecule has 0 bridgehead atoms. The summed E-state index contributed by atoms with van der Waals surface area (Å²) in [5.41, 5.74) is 15.1. The van der Waals surface area contributed by atoms with Crippen molar-refractivity contribution in [1.82, 2.24) is 14.5 Å². The standard InChI is InChI=1S/C56H36IN3O/c1-57-47-33-30-41(34-46(47)53-45-20-10-13-23-52(45)61-55(53)54(57)39-14-4-2-5-15-39)36-24-26-37(27-25-36)48-35-49(59-56(58-48)40-16-6-3-7-17-40)38-28-31-42(32-29-38)60-50-21-11-8-18-43(50)44-19-9-12-22-51(44)60/h2-35H,1H2. The molecule has 0 fully saturated rings. The minimum atomic E-state index is -2.06. The van der Waals surface area contributed by atoms with E-state index in [2.05, 4.69) is 187 Å². The average Bonchev–Trinajstić information content (AvgIpc) is 3.88. The molecule has 4 nitrogen and oxygen atoms in total. The van der Waals surface area contributed by atoms with E-state index in [1.807, 2.05) is 24.3 Å². The highest BCUT2D eigenvalue weighted by molar-refractivity contribution is 14.2. The SMILES string of the molecule is C=I1=C(c2ccccc2)c2oc3ccccc3c2-c2cc(-c3ccc(-c4cc(-c5ccc(-n6c7ccccc7c7ccccc76)cc5)nc(-c5ccccc5)n4)cc3)ccc21. The van der Waals surface area contributed by atoms with Crippen molar-refractivity contribution in [3.8, 4) is 61.8 Å². The van der Waals surface area contributed by atoms with Gasteiger partial charge in [0.2, 0.25) is 0 Å². The van der Waals surface area contributed by atoms with Crippen LogP contribution in [0, 0.1) is 3.57 Å². The summed E-state index contributed by atoms with van der Waals surface area (Å²) in [6.07, 6.45) is 0. The fourth-order valence-electron chi connectivity index (χ4n) is 8.89. The lowest BCUT2D eigenvalue weighted by atomic mass is 9.95. The van der Waals surface area contributed by atoms with Crippen LogP contribution in [0.4, 0.5) is 0 Å². The van der Waals surface area contributed by atoms with Crippen molar-refractivity contribution < 1.29 is 4.42 Å². The second-order valence-corrected chi connectivity index (χ2v) is 19.7. The highest BCUT2D eigenvalue weighted by atomic mass is 127. The Morgan fingerprint density at radius 2 is 0.967 bits per heavy atom. The van der Waals surface area contributed by atoms with Gasteiger partial charge >= 0.3 is 0 Å². The minimum absolute atomic E-state index is 0.695. The van der Waals surface area contributed by atoms with Crippen LogP contribution in [-0.2, 0) is 0 Å². The molecule has 0 atom stereocenters. The van der Waals surface area contributed by atoms with Crippen LogP contribution in [0.5, 0.6) is 0 Å². The predicted molar refractivity (Wildman–Crippen MR) is 263 cm³/mol. The van der Waals surface area contributed by atoms with E-state index in [1.54, 1.807) is 0 Å². The largest absolute Gasteiger partial charge is 0.455 e. The van der Waals surface area contributed by atoms with Gasteiger partial charge in [0.1, 0.15) is 11.3 Å². The number of furan rings is 1. The lowest BCUT2D eigenvalue weighted by Gasteiger charge is -2.20. The summed E-state index contributed by atoms with van der Waals surface area (Å²) in [5, 5.41) is 3.63. The summed E-state index contributed by atoms with van der Waals surface area (Å²) < 4.78 is 16.5. The van der Waals surface area contributed by atoms with Gasteiger partial charge in [0.15, 0.2) is 5.82 Å². The number of hydrogen-bond acceptors (Lipinski definition) is 3. The molecule has 0 unspecified atom stereocenters. The molecule has 0 saturated heterocycles. The van der Waals surface area contributed by atoms with Gasteiger partial charge in [-0.2, -0.15) is 0 Å². The summed E-state index contributed by atoms with van der Waals surface area (Å²) in [7, 11) is 0. The molecule has 8 aromatic carbocycles. The number of nitrogens with zero attached hydrogens (tertiary/aromatic N) is 3. The normalized spacial score (nSPS) is 12.6. The van der Waals surface area contributed by atoms with Crippen molar-refractivity contribution in [3.63, 3.8) is 0 Å². The van der Waals surface area contributed by atoms with Gasteiger partial charge < -0.3 is 8.98 Å². The van der Waals surface area contributed by atoms with Gasteiger partial charge in [-0.3, -0.25) is 0 Å². The summed E-state index contributed by atoms with van der Waals surface area (Å²) in [4.78, 5) is 10.3. The number of para-hydroxylation sites is 3. The first-order chi connectivity index (χ1) is 30.2. The maximum absolute atomic E-state index is 6.68. The maximum Gasteiger partial charge on any atom is 0.160 e. The Morgan fingerprint density at radius 3 is 1.62 bits per heavy atom. The Balaban J connectivity index is 0.929. The summed E-state index contributed by atoms with van der Waals surface area (Å²) in [6.45, 7) is 0. The zero-order valence-corrected chi connectivity index (χ0v) is 35.1. The van der Waals surface area contributed by atoms with Gasteiger partial charge in [0.05, 0.1) is 25.9 Å². The monoisotopic (exact) mass is 893 g/mol. The van der Waals surface area contributed by atoms with Crippen molar-refractivity contribution >= 4 is 59.7 Å². The molecule has 5 heteroatoms. The van der Waals surface area contributed by atoms with Crippen LogP contribution in [0.3, 0.4) is 0 Å². The molecule has 1 aliphatic rings. The Labute approximate surface area is 359 Å². The highest BCUT2D eigenvalue weighted by Crippen LogP contribution is 2.48. The van der Waals surface area contributed by atoms with Gasteiger partial charge in [-0.25, -0.2) is 9.97 Å². The Bertz CT molecular complexity index is 3520. The van der Waals surface area contributed by atoms with Crippen LogP contribution >= 0.6 is 18.9 Å². The molecule has 0 amide bonds. The minimum Gasteiger partial charge on any atom is -0.455 e. The molecular weight excluding hydrogens is 858 g/mol. The smallest absolute Gasteiger partial charge is 0.160 e. The van der Waals surface area contributed by atoms with Crippen LogP contribution in [0.1, 0.15) is 11.3 Å². The molecule has 288 valence electrons. The Kier molecular flexibility index (Phi) is 8.42. The van der Waals surface area contributed by atoms with E-state index in [0.29, 0.717) is 5.82 Å².